The Morgan fingerprint density at radius 1 is 0.971 bits per heavy atom. The van der Waals surface area contributed by atoms with Gasteiger partial charge in [0, 0.05) is 6.61 Å². The minimum atomic E-state index is -0.814. The van der Waals surface area contributed by atoms with Crippen molar-refractivity contribution in [1.29, 1.82) is 0 Å². The summed E-state index contributed by atoms with van der Waals surface area (Å²) >= 11 is 1.36. The number of allylic oxidation sites excluding steroid dienone is 2. The number of thiophene rings is 1. The van der Waals surface area contributed by atoms with E-state index in [1.807, 2.05) is 6.07 Å². The topological polar surface area (TPSA) is 57.5 Å². The minimum Gasteiger partial charge on any atom is -0.477 e. The predicted molar refractivity (Wildman–Crippen MR) is 142 cm³/mol. The van der Waals surface area contributed by atoms with E-state index >= 15 is 0 Å². The molecule has 4 heteroatoms. The fourth-order valence-electron chi connectivity index (χ4n) is 11.3. The molecule has 35 heavy (non-hydrogen) atoms. The lowest BCUT2D eigenvalue weighted by molar-refractivity contribution is -0.181. The van der Waals surface area contributed by atoms with E-state index in [1.54, 1.807) is 0 Å². The number of hydrogen-bond acceptors (Lipinski definition) is 3. The molecule has 4 saturated carbocycles. The Balaban J connectivity index is 1.33. The van der Waals surface area contributed by atoms with Crippen LogP contribution in [0.25, 0.3) is 5.57 Å². The van der Waals surface area contributed by atoms with E-state index in [1.165, 1.54) is 74.7 Å². The lowest BCUT2D eigenvalue weighted by atomic mass is 9.36. The van der Waals surface area contributed by atoms with E-state index in [0.717, 1.165) is 35.7 Å². The molecule has 8 atom stereocenters. The van der Waals surface area contributed by atoms with Gasteiger partial charge in [0.15, 0.2) is 0 Å². The molecule has 0 radical (unpaired) electrons. The van der Waals surface area contributed by atoms with Crippen LogP contribution in [0.5, 0.6) is 0 Å². The zero-order chi connectivity index (χ0) is 24.8. The molecule has 0 spiro atoms. The first-order chi connectivity index (χ1) is 16.6. The maximum absolute atomic E-state index is 11.5. The molecule has 4 fully saturated rings. The lowest BCUT2D eigenvalue weighted by Gasteiger charge is -2.68. The molecule has 0 aliphatic heterocycles. The van der Waals surface area contributed by atoms with Crippen molar-refractivity contribution < 1.29 is 15.0 Å². The van der Waals surface area contributed by atoms with Crippen LogP contribution in [0.15, 0.2) is 17.5 Å². The number of aliphatic hydroxyl groups excluding tert-OH is 1. The van der Waals surface area contributed by atoms with E-state index in [2.05, 4.69) is 39.2 Å². The molecular formula is C31H44O3S. The van der Waals surface area contributed by atoms with Crippen LogP contribution >= 0.6 is 11.3 Å². The molecule has 5 aliphatic carbocycles. The Morgan fingerprint density at radius 2 is 1.77 bits per heavy atom. The first kappa shape index (κ1) is 24.2. The third-order valence-corrected chi connectivity index (χ3v) is 13.6. The number of fused-ring (bicyclic) bond motifs is 7. The molecule has 5 aliphatic rings. The summed E-state index contributed by atoms with van der Waals surface area (Å²) in [4.78, 5) is 12.0. The smallest absolute Gasteiger partial charge is 0.345 e. The van der Waals surface area contributed by atoms with Gasteiger partial charge in [-0.1, -0.05) is 40.2 Å². The van der Waals surface area contributed by atoms with Crippen molar-refractivity contribution in [3.63, 3.8) is 0 Å². The SMILES string of the molecule is CC1(C)C(c2csc(C(=O)O)c2)=CC[C@@]2(C)C1CC[C@@]1(C)C3CC[C@@]4(CO)CCCC4[C@H]3CCC12. The number of rotatable bonds is 3. The average Bonchev–Trinajstić information content (AvgIpc) is 3.46. The maximum atomic E-state index is 11.5. The van der Waals surface area contributed by atoms with Gasteiger partial charge < -0.3 is 10.2 Å². The number of aliphatic hydroxyl groups is 1. The number of carboxylic acids is 1. The molecule has 0 amide bonds. The zero-order valence-corrected chi connectivity index (χ0v) is 22.9. The number of carboxylic acid groups (broad SMARTS) is 1. The molecule has 1 aromatic rings. The molecule has 192 valence electrons. The highest BCUT2D eigenvalue weighted by atomic mass is 32.1. The van der Waals surface area contributed by atoms with E-state index in [-0.39, 0.29) is 10.8 Å². The number of aromatic carboxylic acids is 1. The molecule has 0 aromatic carbocycles. The Morgan fingerprint density at radius 3 is 2.49 bits per heavy atom. The second-order valence-electron chi connectivity index (χ2n) is 14.1. The van der Waals surface area contributed by atoms with Gasteiger partial charge >= 0.3 is 5.97 Å². The first-order valence-electron chi connectivity index (χ1n) is 14.2. The van der Waals surface area contributed by atoms with Crippen molar-refractivity contribution in [1.82, 2.24) is 0 Å². The molecule has 0 bridgehead atoms. The van der Waals surface area contributed by atoms with Gasteiger partial charge in [0.1, 0.15) is 4.88 Å². The van der Waals surface area contributed by atoms with Crippen LogP contribution in [-0.2, 0) is 0 Å². The molecule has 2 N–H and O–H groups in total. The second-order valence-corrected chi connectivity index (χ2v) is 15.0. The summed E-state index contributed by atoms with van der Waals surface area (Å²) in [6, 6.07) is 1.90. The number of carbonyl (C=O) groups is 1. The van der Waals surface area contributed by atoms with Gasteiger partial charge in [-0.25, -0.2) is 4.79 Å². The van der Waals surface area contributed by atoms with Gasteiger partial charge in [-0.15, -0.1) is 11.3 Å². The van der Waals surface area contributed by atoms with Crippen LogP contribution in [0, 0.1) is 51.2 Å². The van der Waals surface area contributed by atoms with Crippen LogP contribution in [0.4, 0.5) is 0 Å². The van der Waals surface area contributed by atoms with Gasteiger partial charge in [-0.3, -0.25) is 0 Å². The van der Waals surface area contributed by atoms with Crippen LogP contribution in [-0.4, -0.2) is 22.8 Å². The van der Waals surface area contributed by atoms with Gasteiger partial charge in [0.25, 0.3) is 0 Å². The van der Waals surface area contributed by atoms with Crippen molar-refractivity contribution in [2.24, 2.45) is 51.2 Å². The zero-order valence-electron chi connectivity index (χ0n) is 22.1. The van der Waals surface area contributed by atoms with Crippen LogP contribution in [0.2, 0.25) is 0 Å². The second kappa shape index (κ2) is 7.93. The minimum absolute atomic E-state index is 0.0477. The number of hydrogen-bond donors (Lipinski definition) is 2. The molecular weight excluding hydrogens is 452 g/mol. The van der Waals surface area contributed by atoms with Crippen LogP contribution < -0.4 is 0 Å². The van der Waals surface area contributed by atoms with E-state index in [0.29, 0.717) is 28.2 Å². The van der Waals surface area contributed by atoms with Gasteiger partial charge in [0.05, 0.1) is 0 Å². The fraction of sp³-hybridized carbons (Fsp3) is 0.774. The largest absolute Gasteiger partial charge is 0.477 e. The van der Waals surface area contributed by atoms with E-state index < -0.39 is 5.97 Å². The summed E-state index contributed by atoms with van der Waals surface area (Å²) < 4.78 is 0. The summed E-state index contributed by atoms with van der Waals surface area (Å²) in [5.74, 6) is 2.97. The maximum Gasteiger partial charge on any atom is 0.345 e. The fourth-order valence-corrected chi connectivity index (χ4v) is 12.1. The Hall–Kier alpha value is -1.13. The highest BCUT2D eigenvalue weighted by Crippen LogP contribution is 2.73. The summed E-state index contributed by atoms with van der Waals surface area (Å²) in [6.45, 7) is 10.6. The summed E-state index contributed by atoms with van der Waals surface area (Å²) in [7, 11) is 0. The summed E-state index contributed by atoms with van der Waals surface area (Å²) in [5, 5.41) is 21.9. The molecule has 1 heterocycles. The van der Waals surface area contributed by atoms with Gasteiger partial charge in [-0.2, -0.15) is 0 Å². The normalized spacial score (nSPS) is 46.1. The first-order valence-corrected chi connectivity index (χ1v) is 15.1. The highest BCUT2D eigenvalue weighted by molar-refractivity contribution is 7.12. The monoisotopic (exact) mass is 496 g/mol. The van der Waals surface area contributed by atoms with E-state index in [9.17, 15) is 15.0 Å². The average molecular weight is 497 g/mol. The van der Waals surface area contributed by atoms with Crippen LogP contribution in [0.1, 0.15) is 107 Å². The molecule has 4 unspecified atom stereocenters. The van der Waals surface area contributed by atoms with Crippen molar-refractivity contribution in [3.05, 3.63) is 28.0 Å². The van der Waals surface area contributed by atoms with Crippen molar-refractivity contribution in [3.8, 4) is 0 Å². The molecule has 1 aromatic heterocycles. The highest BCUT2D eigenvalue weighted by Gasteiger charge is 2.65. The Kier molecular flexibility index (Phi) is 5.49. The van der Waals surface area contributed by atoms with Gasteiger partial charge in [0.2, 0.25) is 0 Å². The third kappa shape index (κ3) is 3.20. The molecule has 6 rings (SSSR count). The van der Waals surface area contributed by atoms with Crippen molar-refractivity contribution in [2.45, 2.75) is 91.9 Å². The molecule has 0 saturated heterocycles. The lowest BCUT2D eigenvalue weighted by Crippen LogP contribution is -2.61. The van der Waals surface area contributed by atoms with Crippen LogP contribution in [0.3, 0.4) is 0 Å². The third-order valence-electron chi connectivity index (χ3n) is 12.7. The van der Waals surface area contributed by atoms with Crippen molar-refractivity contribution in [2.75, 3.05) is 6.61 Å². The van der Waals surface area contributed by atoms with Crippen molar-refractivity contribution >= 4 is 22.9 Å². The molecule has 3 nitrogen and oxygen atoms in total. The summed E-state index contributed by atoms with van der Waals surface area (Å²) in [5.41, 5.74) is 3.51. The van der Waals surface area contributed by atoms with Gasteiger partial charge in [-0.05, 0) is 132 Å². The Labute approximate surface area is 215 Å². The standard InChI is InChI=1S/C31H44O3S/c1-28(2)21(19-16-24(27(33)34)35-17-19)9-13-30(4)25(28)11-14-29(3)22-10-15-31(18-32)12-5-6-23(31)20(22)7-8-26(29)30/h9,16-17,20,22-23,25-26,32H,5-8,10-15,18H2,1-4H3,(H,33,34)/t20-,22?,23?,25?,26?,29-,30-,31+/m0/s1. The summed E-state index contributed by atoms with van der Waals surface area (Å²) in [6.07, 6.45) is 15.4. The predicted octanol–water partition coefficient (Wildman–Crippen LogP) is 7.90. The quantitative estimate of drug-likeness (QED) is 0.447. The Bertz CT molecular complexity index is 1050. The van der Waals surface area contributed by atoms with E-state index in [4.69, 9.17) is 0 Å².